The summed E-state index contributed by atoms with van der Waals surface area (Å²) in [6, 6.07) is 22.1. The minimum absolute atomic E-state index is 0.0189. The average molecular weight is 460 g/mol. The Morgan fingerprint density at radius 2 is 1.64 bits per heavy atom. The Hall–Kier alpha value is -2.52. The normalized spacial score (nSPS) is 21.4. The molecule has 2 aromatic carbocycles. The van der Waals surface area contributed by atoms with Crippen molar-refractivity contribution in [3.8, 4) is 0 Å². The molecule has 2 N–H and O–H groups in total. The first-order valence-electron chi connectivity index (χ1n) is 11.5. The van der Waals surface area contributed by atoms with Crippen LogP contribution in [0.3, 0.4) is 0 Å². The number of aromatic nitrogens is 2. The van der Waals surface area contributed by atoms with Crippen LogP contribution < -0.4 is 21.5 Å². The van der Waals surface area contributed by atoms with E-state index in [2.05, 4.69) is 74.3 Å². The lowest BCUT2D eigenvalue weighted by molar-refractivity contribution is 0.225. The van der Waals surface area contributed by atoms with Crippen LogP contribution in [-0.4, -0.2) is 41.6 Å². The summed E-state index contributed by atoms with van der Waals surface area (Å²) in [4.78, 5) is 17.3. The predicted octanol–water partition coefficient (Wildman–Crippen LogP) is 1.16. The summed E-state index contributed by atoms with van der Waals surface area (Å²) in [5.74, 6) is 1.14. The summed E-state index contributed by atoms with van der Waals surface area (Å²) in [5, 5.41) is 21.3. The summed E-state index contributed by atoms with van der Waals surface area (Å²) in [7, 11) is -4.45. The van der Waals surface area contributed by atoms with Crippen LogP contribution in [-0.2, 0) is 4.43 Å². The van der Waals surface area contributed by atoms with Crippen LogP contribution in [0.5, 0.6) is 0 Å². The van der Waals surface area contributed by atoms with Crippen LogP contribution in [0.4, 0.5) is 0 Å². The van der Waals surface area contributed by atoms with Crippen molar-refractivity contribution in [1.82, 2.24) is 9.55 Å². The van der Waals surface area contributed by atoms with E-state index in [4.69, 9.17) is 4.43 Å². The largest absolute Gasteiger partial charge is 0.508 e. The molecule has 1 aliphatic carbocycles. The maximum atomic E-state index is 12.9. The summed E-state index contributed by atoms with van der Waals surface area (Å²) in [5.41, 5.74) is -0.225. The molecule has 0 unspecified atom stereocenters. The predicted molar refractivity (Wildman–Crippen MR) is 132 cm³/mol. The Labute approximate surface area is 195 Å². The molecule has 33 heavy (non-hydrogen) atoms. The van der Waals surface area contributed by atoms with Crippen molar-refractivity contribution in [1.29, 1.82) is 0 Å². The standard InChI is InChI=1S/C25H29BN2O4Si/c1-25(2,3)33(17-10-6-4-7-11-17,18-12-8-5-9-13-18)32-16-21-19-14-20(19)24-27-22(26(30)31)15-23(29)28(21)24/h4-13,15,19-21,30-31H,14,16H2,1-3H3/t19-,20+,21+/m0/s1. The van der Waals surface area contributed by atoms with E-state index in [9.17, 15) is 14.8 Å². The van der Waals surface area contributed by atoms with E-state index in [0.717, 1.165) is 6.42 Å². The van der Waals surface area contributed by atoms with Crippen molar-refractivity contribution in [2.45, 2.75) is 44.2 Å². The monoisotopic (exact) mass is 460 g/mol. The number of hydrogen-bond donors (Lipinski definition) is 2. The van der Waals surface area contributed by atoms with E-state index in [1.165, 1.54) is 16.4 Å². The molecule has 6 nitrogen and oxygen atoms in total. The minimum Gasteiger partial charge on any atom is -0.422 e. The van der Waals surface area contributed by atoms with Crippen LogP contribution in [0, 0.1) is 5.92 Å². The number of benzene rings is 2. The van der Waals surface area contributed by atoms with E-state index in [1.54, 1.807) is 4.57 Å². The molecule has 1 aliphatic heterocycles. The van der Waals surface area contributed by atoms with E-state index in [-0.39, 0.29) is 28.2 Å². The highest BCUT2D eigenvalue weighted by molar-refractivity contribution is 6.99. The Bertz CT molecular complexity index is 1170. The molecule has 0 spiro atoms. The number of fused-ring (bicyclic) bond motifs is 3. The van der Waals surface area contributed by atoms with E-state index in [1.807, 2.05) is 12.1 Å². The van der Waals surface area contributed by atoms with Gasteiger partial charge < -0.3 is 14.5 Å². The smallest absolute Gasteiger partial charge is 0.422 e. The second-order valence-corrected chi connectivity index (χ2v) is 14.5. The van der Waals surface area contributed by atoms with Crippen molar-refractivity contribution < 1.29 is 14.5 Å². The molecule has 3 atom stereocenters. The maximum absolute atomic E-state index is 12.9. The molecule has 1 aromatic heterocycles. The van der Waals surface area contributed by atoms with Gasteiger partial charge in [-0.15, -0.1) is 0 Å². The zero-order valence-corrected chi connectivity index (χ0v) is 20.2. The molecule has 0 radical (unpaired) electrons. The SMILES string of the molecule is CC(C)(C)[Si](OC[C@@H]1[C@H]2C[C@H]2c2nc(B(O)O)cc(=O)n21)(c1ccccc1)c1ccccc1. The number of rotatable bonds is 6. The lowest BCUT2D eigenvalue weighted by Crippen LogP contribution is -2.67. The molecular formula is C25H29BN2O4Si. The lowest BCUT2D eigenvalue weighted by atomic mass is 9.86. The Morgan fingerprint density at radius 3 is 2.15 bits per heavy atom. The zero-order valence-electron chi connectivity index (χ0n) is 19.2. The van der Waals surface area contributed by atoms with Gasteiger partial charge in [-0.3, -0.25) is 9.36 Å². The molecular weight excluding hydrogens is 431 g/mol. The van der Waals surface area contributed by atoms with Gasteiger partial charge in [0.1, 0.15) is 5.82 Å². The average Bonchev–Trinajstić information content (AvgIpc) is 3.52. The minimum atomic E-state index is -2.71. The van der Waals surface area contributed by atoms with Crippen molar-refractivity contribution in [3.05, 3.63) is 82.9 Å². The van der Waals surface area contributed by atoms with Crippen LogP contribution in [0.2, 0.25) is 5.04 Å². The third-order valence-electron chi connectivity index (χ3n) is 7.15. The molecule has 8 heteroatoms. The molecule has 1 fully saturated rings. The van der Waals surface area contributed by atoms with Gasteiger partial charge in [0.2, 0.25) is 0 Å². The van der Waals surface area contributed by atoms with Gasteiger partial charge in [-0.25, -0.2) is 4.98 Å². The Kier molecular flexibility index (Phi) is 5.44. The second kappa shape index (κ2) is 8.06. The highest BCUT2D eigenvalue weighted by Crippen LogP contribution is 2.58. The van der Waals surface area contributed by atoms with Crippen molar-refractivity contribution in [2.75, 3.05) is 6.61 Å². The summed E-state index contributed by atoms with van der Waals surface area (Å²) in [6.45, 7) is 7.14. The van der Waals surface area contributed by atoms with Crippen LogP contribution >= 0.6 is 0 Å². The van der Waals surface area contributed by atoms with Crippen LogP contribution in [0.15, 0.2) is 71.5 Å². The third kappa shape index (κ3) is 3.61. The van der Waals surface area contributed by atoms with Crippen molar-refractivity contribution >= 4 is 31.4 Å². The van der Waals surface area contributed by atoms with Crippen molar-refractivity contribution in [2.24, 2.45) is 5.92 Å². The van der Waals surface area contributed by atoms with Gasteiger partial charge in [0.25, 0.3) is 13.9 Å². The molecule has 1 saturated carbocycles. The van der Waals surface area contributed by atoms with Gasteiger partial charge in [0, 0.05) is 12.0 Å². The Balaban J connectivity index is 1.57. The molecule has 2 heterocycles. The highest BCUT2D eigenvalue weighted by atomic mass is 28.4. The maximum Gasteiger partial charge on any atom is 0.508 e. The molecule has 2 aliphatic rings. The summed E-state index contributed by atoms with van der Waals surface area (Å²) < 4.78 is 8.81. The summed E-state index contributed by atoms with van der Waals surface area (Å²) in [6.07, 6.45) is 0.951. The quantitative estimate of drug-likeness (QED) is 0.540. The zero-order chi connectivity index (χ0) is 23.4. The van der Waals surface area contributed by atoms with Crippen molar-refractivity contribution in [3.63, 3.8) is 0 Å². The molecule has 0 saturated heterocycles. The summed E-state index contributed by atoms with van der Waals surface area (Å²) >= 11 is 0. The first-order chi connectivity index (χ1) is 15.7. The molecule has 0 amide bonds. The molecule has 3 aromatic rings. The third-order valence-corrected chi connectivity index (χ3v) is 12.2. The first kappa shape index (κ1) is 22.3. The fourth-order valence-electron chi connectivity index (χ4n) is 5.55. The van der Waals surface area contributed by atoms with Gasteiger partial charge in [-0.2, -0.15) is 0 Å². The first-order valence-corrected chi connectivity index (χ1v) is 13.4. The fraction of sp³-hybridized carbons (Fsp3) is 0.360. The van der Waals surface area contributed by atoms with Crippen LogP contribution in [0.25, 0.3) is 0 Å². The second-order valence-electron chi connectivity index (χ2n) is 10.2. The van der Waals surface area contributed by atoms with Gasteiger partial charge in [-0.1, -0.05) is 81.4 Å². The van der Waals surface area contributed by atoms with E-state index >= 15 is 0 Å². The van der Waals surface area contributed by atoms with E-state index < -0.39 is 15.4 Å². The number of hydrogen-bond acceptors (Lipinski definition) is 5. The molecule has 0 bridgehead atoms. The van der Waals surface area contributed by atoms with Gasteiger partial charge >= 0.3 is 7.12 Å². The Morgan fingerprint density at radius 1 is 1.06 bits per heavy atom. The fourth-order valence-corrected chi connectivity index (χ4v) is 10.1. The van der Waals surface area contributed by atoms with Gasteiger partial charge in [0.05, 0.1) is 18.2 Å². The highest BCUT2D eigenvalue weighted by Gasteiger charge is 2.56. The molecule has 170 valence electrons. The lowest BCUT2D eigenvalue weighted by Gasteiger charge is -2.43. The van der Waals surface area contributed by atoms with Gasteiger partial charge in [0.15, 0.2) is 0 Å². The topological polar surface area (TPSA) is 84.6 Å². The van der Waals surface area contributed by atoms with E-state index in [0.29, 0.717) is 18.3 Å². The van der Waals surface area contributed by atoms with Gasteiger partial charge in [-0.05, 0) is 27.8 Å². The molecule has 5 rings (SSSR count). The number of nitrogens with zero attached hydrogens (tertiary/aromatic N) is 2. The van der Waals surface area contributed by atoms with Crippen LogP contribution in [0.1, 0.15) is 45.0 Å².